The second-order valence-electron chi connectivity index (χ2n) is 6.43. The Kier molecular flexibility index (Phi) is 5.38. The maximum atomic E-state index is 10.7. The minimum Gasteiger partial charge on any atom is -0.368 e. The molecule has 1 aromatic carbocycles. The van der Waals surface area contributed by atoms with Crippen LogP contribution in [0.25, 0.3) is 0 Å². The van der Waals surface area contributed by atoms with Gasteiger partial charge in [-0.25, -0.2) is 0 Å². The van der Waals surface area contributed by atoms with Crippen molar-refractivity contribution in [2.45, 2.75) is 20.3 Å². The lowest BCUT2D eigenvalue weighted by Crippen LogP contribution is -2.48. The van der Waals surface area contributed by atoms with Gasteiger partial charge in [-0.2, -0.15) is 0 Å². The van der Waals surface area contributed by atoms with Crippen LogP contribution >= 0.6 is 12.2 Å². The largest absolute Gasteiger partial charge is 0.368 e. The average Bonchev–Trinajstić information content (AvgIpc) is 2.61. The van der Waals surface area contributed by atoms with Crippen LogP contribution in [-0.2, 0) is 6.42 Å². The van der Waals surface area contributed by atoms with Gasteiger partial charge in [-0.1, -0.05) is 18.3 Å². The van der Waals surface area contributed by atoms with Gasteiger partial charge in [-0.3, -0.25) is 4.98 Å². The van der Waals surface area contributed by atoms with Gasteiger partial charge < -0.3 is 9.80 Å². The van der Waals surface area contributed by atoms with E-state index in [4.69, 9.17) is 12.2 Å². The monoisotopic (exact) mass is 354 g/mol. The number of nitroso groups, excluding NO2 is 1. The maximum absolute atomic E-state index is 10.7. The minimum atomic E-state index is 0.469. The van der Waals surface area contributed by atoms with Gasteiger partial charge in [-0.05, 0) is 54.9 Å². The van der Waals surface area contributed by atoms with Crippen LogP contribution in [0.15, 0.2) is 41.6 Å². The van der Waals surface area contributed by atoms with Crippen LogP contribution in [0.3, 0.4) is 0 Å². The van der Waals surface area contributed by atoms with Crippen molar-refractivity contribution in [3.8, 4) is 0 Å². The Labute approximate surface area is 153 Å². The van der Waals surface area contributed by atoms with Gasteiger partial charge in [0.05, 0.1) is 4.99 Å². The van der Waals surface area contributed by atoms with E-state index in [0.29, 0.717) is 12.1 Å². The molecule has 6 heteroatoms. The first-order valence-corrected chi connectivity index (χ1v) is 8.86. The molecular weight excluding hydrogens is 332 g/mol. The molecule has 1 saturated heterocycles. The number of benzene rings is 1. The molecule has 0 spiro atoms. The Hall–Kier alpha value is -2.34. The fourth-order valence-electron chi connectivity index (χ4n) is 3.24. The topological polar surface area (TPSA) is 48.8 Å². The van der Waals surface area contributed by atoms with Crippen LogP contribution in [0.5, 0.6) is 0 Å². The Morgan fingerprint density at radius 2 is 1.92 bits per heavy atom. The molecule has 2 heterocycles. The molecule has 3 rings (SSSR count). The van der Waals surface area contributed by atoms with E-state index < -0.39 is 0 Å². The van der Waals surface area contributed by atoms with E-state index in [2.05, 4.69) is 39.0 Å². The Balaban J connectivity index is 1.59. The molecule has 1 aliphatic heterocycles. The first kappa shape index (κ1) is 17.5. The van der Waals surface area contributed by atoms with Crippen LogP contribution in [-0.4, -0.2) is 41.1 Å². The second kappa shape index (κ2) is 7.70. The van der Waals surface area contributed by atoms with E-state index in [1.165, 1.54) is 5.56 Å². The molecule has 25 heavy (non-hydrogen) atoms. The number of anilines is 1. The number of piperazine rings is 1. The summed E-state index contributed by atoms with van der Waals surface area (Å²) in [6.07, 6.45) is 0.711. The highest BCUT2D eigenvalue weighted by atomic mass is 32.1. The number of thiocarbonyl (C=S) groups is 1. The van der Waals surface area contributed by atoms with Crippen molar-refractivity contribution < 1.29 is 0 Å². The zero-order valence-corrected chi connectivity index (χ0v) is 15.4. The molecule has 2 aromatic rings. The quantitative estimate of drug-likeness (QED) is 0.618. The van der Waals surface area contributed by atoms with Crippen LogP contribution in [0.4, 0.5) is 11.4 Å². The summed E-state index contributed by atoms with van der Waals surface area (Å²) in [5.41, 5.74) is 4.80. The lowest BCUT2D eigenvalue weighted by molar-refractivity contribution is 0.387. The number of aromatic nitrogens is 1. The van der Waals surface area contributed by atoms with Crippen LogP contribution in [0, 0.1) is 18.8 Å². The molecule has 0 unspecified atom stereocenters. The summed E-state index contributed by atoms with van der Waals surface area (Å²) in [5.74, 6) is 0. The van der Waals surface area contributed by atoms with Crippen LogP contribution in [0.2, 0.25) is 0 Å². The molecule has 1 aliphatic rings. The molecule has 0 radical (unpaired) electrons. The third-order valence-electron chi connectivity index (χ3n) is 4.42. The molecule has 130 valence electrons. The van der Waals surface area contributed by atoms with E-state index in [0.717, 1.165) is 48.2 Å². The minimum absolute atomic E-state index is 0.469. The third-order valence-corrected chi connectivity index (χ3v) is 4.82. The molecular formula is C19H22N4OS. The Bertz CT molecular complexity index is 764. The first-order chi connectivity index (χ1) is 12.0. The van der Waals surface area contributed by atoms with E-state index in [9.17, 15) is 4.91 Å². The predicted molar refractivity (Wildman–Crippen MR) is 106 cm³/mol. The molecule has 1 fully saturated rings. The van der Waals surface area contributed by atoms with Crippen molar-refractivity contribution in [3.63, 3.8) is 0 Å². The summed E-state index contributed by atoms with van der Waals surface area (Å²) in [6.45, 7) is 7.61. The zero-order valence-electron chi connectivity index (χ0n) is 14.6. The molecule has 1 aromatic heterocycles. The van der Waals surface area contributed by atoms with E-state index in [-0.39, 0.29) is 0 Å². The predicted octanol–water partition coefficient (Wildman–Crippen LogP) is 3.79. The fourth-order valence-corrected chi connectivity index (χ4v) is 3.57. The number of nitrogens with zero attached hydrogens (tertiary/aromatic N) is 4. The van der Waals surface area contributed by atoms with Gasteiger partial charge in [0.15, 0.2) is 0 Å². The van der Waals surface area contributed by atoms with Gasteiger partial charge in [0.2, 0.25) is 0 Å². The van der Waals surface area contributed by atoms with Crippen molar-refractivity contribution in [1.29, 1.82) is 0 Å². The van der Waals surface area contributed by atoms with E-state index in [1.807, 2.05) is 25.1 Å². The summed E-state index contributed by atoms with van der Waals surface area (Å²) in [6, 6.07) is 11.6. The van der Waals surface area contributed by atoms with Gasteiger partial charge >= 0.3 is 0 Å². The molecule has 0 saturated carbocycles. The number of hydrogen-bond acceptors (Lipinski definition) is 5. The van der Waals surface area contributed by atoms with Gasteiger partial charge in [-0.15, -0.1) is 4.91 Å². The summed E-state index contributed by atoms with van der Waals surface area (Å²) in [5, 5.41) is 3.02. The van der Waals surface area contributed by atoms with Crippen LogP contribution in [0.1, 0.15) is 17.0 Å². The van der Waals surface area contributed by atoms with E-state index in [1.54, 1.807) is 6.07 Å². The lowest BCUT2D eigenvalue weighted by atomic mass is 10.1. The Morgan fingerprint density at radius 1 is 1.16 bits per heavy atom. The second-order valence-corrected chi connectivity index (χ2v) is 6.90. The van der Waals surface area contributed by atoms with Crippen molar-refractivity contribution in [2.75, 3.05) is 31.1 Å². The highest BCUT2D eigenvalue weighted by Gasteiger charge is 2.20. The lowest BCUT2D eigenvalue weighted by Gasteiger charge is -2.37. The number of pyridine rings is 1. The fraction of sp³-hybridized carbons (Fsp3) is 0.368. The highest BCUT2D eigenvalue weighted by Crippen LogP contribution is 2.22. The van der Waals surface area contributed by atoms with Crippen molar-refractivity contribution in [1.82, 2.24) is 9.88 Å². The third kappa shape index (κ3) is 4.39. The van der Waals surface area contributed by atoms with Gasteiger partial charge in [0.1, 0.15) is 5.69 Å². The first-order valence-electron chi connectivity index (χ1n) is 8.45. The maximum Gasteiger partial charge on any atom is 0.110 e. The van der Waals surface area contributed by atoms with Gasteiger partial charge in [0.25, 0.3) is 0 Å². The number of aryl methyl sites for hydroxylation is 2. The van der Waals surface area contributed by atoms with Crippen molar-refractivity contribution >= 4 is 28.6 Å². The smallest absolute Gasteiger partial charge is 0.110 e. The Morgan fingerprint density at radius 3 is 2.60 bits per heavy atom. The molecule has 0 atom stereocenters. The normalized spacial score (nSPS) is 14.5. The summed E-state index contributed by atoms with van der Waals surface area (Å²) in [7, 11) is 0. The molecule has 0 aliphatic carbocycles. The van der Waals surface area contributed by atoms with E-state index >= 15 is 0 Å². The molecule has 0 N–H and O–H groups in total. The average molecular weight is 354 g/mol. The standard InChI is InChI=1S/C19H22N4OS/c1-14-10-15(2)20-17(11-14)13-19(25)23-8-6-22(7-9-23)18-5-3-4-16(12-18)21-24/h3-5,10-12H,6-9,13H2,1-2H3. The number of rotatable bonds is 4. The summed E-state index contributed by atoms with van der Waals surface area (Å²) >= 11 is 5.65. The number of hydrogen-bond donors (Lipinski definition) is 0. The molecule has 0 amide bonds. The van der Waals surface area contributed by atoms with Crippen LogP contribution < -0.4 is 4.90 Å². The van der Waals surface area contributed by atoms with Gasteiger partial charge in [0, 0.05) is 49.7 Å². The summed E-state index contributed by atoms with van der Waals surface area (Å²) in [4.78, 5) is 20.8. The SMILES string of the molecule is Cc1cc(C)nc(CC(=S)N2CCN(c3cccc(N=O)c3)CC2)c1. The van der Waals surface area contributed by atoms with Crippen molar-refractivity contribution in [2.24, 2.45) is 5.18 Å². The molecule has 5 nitrogen and oxygen atoms in total. The highest BCUT2D eigenvalue weighted by molar-refractivity contribution is 7.80. The summed E-state index contributed by atoms with van der Waals surface area (Å²) < 4.78 is 0. The van der Waals surface area contributed by atoms with Crippen molar-refractivity contribution in [3.05, 3.63) is 58.3 Å². The zero-order chi connectivity index (χ0) is 17.8. The molecule has 0 bridgehead atoms.